The van der Waals surface area contributed by atoms with Crippen LogP contribution in [0.1, 0.15) is 49.7 Å². The average Bonchev–Trinajstić information content (AvgIpc) is 3.25. The number of aromatic nitrogens is 2. The molecule has 1 aliphatic heterocycles. The Morgan fingerprint density at radius 1 is 1.17 bits per heavy atom. The van der Waals surface area contributed by atoms with Crippen LogP contribution in [0.5, 0.6) is 0 Å². The topological polar surface area (TPSA) is 92.3 Å². The molecule has 0 saturated heterocycles. The highest BCUT2D eigenvalue weighted by Gasteiger charge is 2.37. The molecule has 7 nitrogen and oxygen atoms in total. The molecule has 30 heavy (non-hydrogen) atoms. The van der Waals surface area contributed by atoms with Gasteiger partial charge in [-0.2, -0.15) is 0 Å². The predicted molar refractivity (Wildman–Crippen MR) is 115 cm³/mol. The Bertz CT molecular complexity index is 1180. The first kappa shape index (κ1) is 19.9. The third kappa shape index (κ3) is 3.39. The highest BCUT2D eigenvalue weighted by molar-refractivity contribution is 7.09. The van der Waals surface area contributed by atoms with E-state index in [2.05, 4.69) is 15.3 Å². The SMILES string of the molecule is Cc1cc2c(c([C@H](C)C(=O)Nc3ccc(-c4csc(C)n4)cn3)c1)C(=O)N(C)C2=O. The lowest BCUT2D eigenvalue weighted by Crippen LogP contribution is -2.25. The lowest BCUT2D eigenvalue weighted by Gasteiger charge is -2.16. The molecule has 0 saturated carbocycles. The zero-order chi connectivity index (χ0) is 21.6. The molecule has 1 N–H and O–H groups in total. The number of hydrogen-bond donors (Lipinski definition) is 1. The number of fused-ring (bicyclic) bond motifs is 1. The van der Waals surface area contributed by atoms with E-state index in [0.717, 1.165) is 26.7 Å². The van der Waals surface area contributed by atoms with Crippen molar-refractivity contribution in [1.29, 1.82) is 0 Å². The Kier molecular flexibility index (Phi) is 4.95. The molecule has 0 fully saturated rings. The van der Waals surface area contributed by atoms with Gasteiger partial charge < -0.3 is 5.32 Å². The van der Waals surface area contributed by atoms with E-state index < -0.39 is 5.92 Å². The number of amides is 3. The maximum Gasteiger partial charge on any atom is 0.261 e. The number of thiazole rings is 1. The smallest absolute Gasteiger partial charge is 0.261 e. The van der Waals surface area contributed by atoms with Crippen LogP contribution in [0.4, 0.5) is 5.82 Å². The highest BCUT2D eigenvalue weighted by Crippen LogP contribution is 2.32. The van der Waals surface area contributed by atoms with Gasteiger partial charge in [0.05, 0.1) is 27.7 Å². The quantitative estimate of drug-likeness (QED) is 0.649. The molecule has 2 aromatic heterocycles. The Balaban J connectivity index is 1.57. The normalized spacial score (nSPS) is 14.1. The van der Waals surface area contributed by atoms with Crippen molar-refractivity contribution in [2.24, 2.45) is 0 Å². The van der Waals surface area contributed by atoms with E-state index in [1.807, 2.05) is 25.3 Å². The van der Waals surface area contributed by atoms with Gasteiger partial charge in [0, 0.05) is 24.2 Å². The number of aryl methyl sites for hydroxylation is 2. The maximum atomic E-state index is 12.9. The maximum absolute atomic E-state index is 12.9. The van der Waals surface area contributed by atoms with Crippen LogP contribution < -0.4 is 5.32 Å². The van der Waals surface area contributed by atoms with Crippen molar-refractivity contribution in [3.8, 4) is 11.3 Å². The molecule has 3 aromatic rings. The molecule has 0 unspecified atom stereocenters. The van der Waals surface area contributed by atoms with E-state index in [1.54, 1.807) is 42.7 Å². The Labute approximate surface area is 177 Å². The monoisotopic (exact) mass is 420 g/mol. The number of rotatable bonds is 4. The number of nitrogens with zero attached hydrogens (tertiary/aromatic N) is 3. The van der Waals surface area contributed by atoms with Gasteiger partial charge in [0.15, 0.2) is 0 Å². The van der Waals surface area contributed by atoms with Gasteiger partial charge in [0.1, 0.15) is 5.82 Å². The van der Waals surface area contributed by atoms with E-state index in [9.17, 15) is 14.4 Å². The fraction of sp³-hybridized carbons (Fsp3) is 0.227. The molecule has 0 spiro atoms. The number of pyridine rings is 1. The van der Waals surface area contributed by atoms with Crippen molar-refractivity contribution >= 4 is 34.9 Å². The summed E-state index contributed by atoms with van der Waals surface area (Å²) in [5, 5.41) is 5.73. The van der Waals surface area contributed by atoms with Gasteiger partial charge in [-0.3, -0.25) is 19.3 Å². The van der Waals surface area contributed by atoms with Crippen molar-refractivity contribution < 1.29 is 14.4 Å². The van der Waals surface area contributed by atoms with E-state index in [-0.39, 0.29) is 17.7 Å². The summed E-state index contributed by atoms with van der Waals surface area (Å²) in [6.07, 6.45) is 1.66. The highest BCUT2D eigenvalue weighted by atomic mass is 32.1. The molecule has 8 heteroatoms. The summed E-state index contributed by atoms with van der Waals surface area (Å²) < 4.78 is 0. The first-order valence-electron chi connectivity index (χ1n) is 9.42. The second-order valence-electron chi connectivity index (χ2n) is 7.34. The van der Waals surface area contributed by atoms with Crippen LogP contribution in [0.2, 0.25) is 0 Å². The van der Waals surface area contributed by atoms with E-state index >= 15 is 0 Å². The first-order valence-corrected chi connectivity index (χ1v) is 10.3. The summed E-state index contributed by atoms with van der Waals surface area (Å²) in [4.78, 5) is 47.6. The van der Waals surface area contributed by atoms with Crippen LogP contribution in [0.25, 0.3) is 11.3 Å². The van der Waals surface area contributed by atoms with Crippen LogP contribution in [0, 0.1) is 13.8 Å². The van der Waals surface area contributed by atoms with Gasteiger partial charge in [-0.05, 0) is 50.1 Å². The minimum Gasteiger partial charge on any atom is -0.310 e. The van der Waals surface area contributed by atoms with Gasteiger partial charge >= 0.3 is 0 Å². The van der Waals surface area contributed by atoms with Gasteiger partial charge in [0.2, 0.25) is 5.91 Å². The molecule has 1 aliphatic rings. The van der Waals surface area contributed by atoms with Crippen molar-refractivity contribution in [1.82, 2.24) is 14.9 Å². The van der Waals surface area contributed by atoms with Crippen LogP contribution >= 0.6 is 11.3 Å². The van der Waals surface area contributed by atoms with E-state index in [4.69, 9.17) is 0 Å². The number of carbonyl (C=O) groups excluding carboxylic acids is 3. The molecule has 0 aliphatic carbocycles. The first-order chi connectivity index (χ1) is 14.3. The number of carbonyl (C=O) groups is 3. The largest absolute Gasteiger partial charge is 0.310 e. The lowest BCUT2D eigenvalue weighted by atomic mass is 9.90. The minimum atomic E-state index is -0.635. The van der Waals surface area contributed by atoms with Gasteiger partial charge in [-0.15, -0.1) is 11.3 Å². The van der Waals surface area contributed by atoms with Crippen molar-refractivity contribution in [3.05, 3.63) is 63.1 Å². The summed E-state index contributed by atoms with van der Waals surface area (Å²) in [7, 11) is 1.45. The van der Waals surface area contributed by atoms with Crippen LogP contribution in [-0.2, 0) is 4.79 Å². The molecule has 1 atom stereocenters. The minimum absolute atomic E-state index is 0.303. The second kappa shape index (κ2) is 7.46. The van der Waals surface area contributed by atoms with Crippen LogP contribution in [0.15, 0.2) is 35.8 Å². The fourth-order valence-electron chi connectivity index (χ4n) is 3.49. The number of anilines is 1. The van der Waals surface area contributed by atoms with E-state index in [1.165, 1.54) is 7.05 Å². The molecule has 3 amide bonds. The summed E-state index contributed by atoms with van der Waals surface area (Å²) >= 11 is 1.56. The molecular formula is C22H20N4O3S. The van der Waals surface area contributed by atoms with Gasteiger partial charge in [-0.25, -0.2) is 9.97 Å². The Hall–Kier alpha value is -3.39. The summed E-state index contributed by atoms with van der Waals surface area (Å²) in [6.45, 7) is 5.49. The van der Waals surface area contributed by atoms with Crippen LogP contribution in [-0.4, -0.2) is 39.6 Å². The van der Waals surface area contributed by atoms with E-state index in [0.29, 0.717) is 22.5 Å². The fourth-order valence-corrected chi connectivity index (χ4v) is 4.12. The molecule has 0 bridgehead atoms. The number of imide groups is 1. The van der Waals surface area contributed by atoms with Crippen LogP contribution in [0.3, 0.4) is 0 Å². The number of benzene rings is 1. The average molecular weight is 420 g/mol. The van der Waals surface area contributed by atoms with Gasteiger partial charge in [-0.1, -0.05) is 6.07 Å². The molecule has 3 heterocycles. The Morgan fingerprint density at radius 3 is 2.57 bits per heavy atom. The third-order valence-electron chi connectivity index (χ3n) is 5.16. The van der Waals surface area contributed by atoms with Crippen molar-refractivity contribution in [2.45, 2.75) is 26.7 Å². The lowest BCUT2D eigenvalue weighted by molar-refractivity contribution is -0.117. The van der Waals surface area contributed by atoms with Crippen molar-refractivity contribution in [3.63, 3.8) is 0 Å². The van der Waals surface area contributed by atoms with Crippen molar-refractivity contribution in [2.75, 3.05) is 12.4 Å². The Morgan fingerprint density at radius 2 is 1.93 bits per heavy atom. The standard InChI is InChI=1S/C22H20N4O3S/c1-11-7-15(19-16(8-11)21(28)26(4)22(19)29)12(2)20(27)25-18-6-5-14(9-23-18)17-10-30-13(3)24-17/h5-10,12H,1-4H3,(H,23,25,27)/t12-/m0/s1. The third-order valence-corrected chi connectivity index (χ3v) is 5.93. The zero-order valence-electron chi connectivity index (χ0n) is 17.0. The summed E-state index contributed by atoms with van der Waals surface area (Å²) in [5.41, 5.74) is 3.73. The summed E-state index contributed by atoms with van der Waals surface area (Å²) in [5.74, 6) is -1.26. The molecule has 4 rings (SSSR count). The predicted octanol–water partition coefficient (Wildman–Crippen LogP) is 3.79. The molecular weight excluding hydrogens is 400 g/mol. The molecule has 1 aromatic carbocycles. The zero-order valence-corrected chi connectivity index (χ0v) is 17.8. The number of nitrogens with one attached hydrogen (secondary N) is 1. The number of hydrogen-bond acceptors (Lipinski definition) is 6. The molecule has 152 valence electrons. The summed E-state index contributed by atoms with van der Waals surface area (Å²) in [6, 6.07) is 7.04. The second-order valence-corrected chi connectivity index (χ2v) is 8.40. The van der Waals surface area contributed by atoms with Gasteiger partial charge in [0.25, 0.3) is 11.8 Å². The molecule has 0 radical (unpaired) electrons.